The molecule has 106 valence electrons. The van der Waals surface area contributed by atoms with Gasteiger partial charge in [-0.15, -0.1) is 0 Å². The lowest BCUT2D eigenvalue weighted by molar-refractivity contribution is 0.0606. The average molecular weight is 262 g/mol. The summed E-state index contributed by atoms with van der Waals surface area (Å²) >= 11 is 0. The van der Waals surface area contributed by atoms with Gasteiger partial charge >= 0.3 is 0 Å². The first-order valence-electron chi connectivity index (χ1n) is 7.74. The van der Waals surface area contributed by atoms with Crippen molar-refractivity contribution < 1.29 is 4.39 Å². The molecule has 2 aliphatic carbocycles. The zero-order valence-electron chi connectivity index (χ0n) is 12.4. The van der Waals surface area contributed by atoms with Gasteiger partial charge in [0.2, 0.25) is 0 Å². The van der Waals surface area contributed by atoms with Crippen LogP contribution in [0.2, 0.25) is 0 Å². The van der Waals surface area contributed by atoms with E-state index in [1.807, 2.05) is 13.0 Å². The van der Waals surface area contributed by atoms with Crippen LogP contribution in [0.4, 0.5) is 4.39 Å². The highest BCUT2D eigenvalue weighted by Gasteiger charge is 2.49. The first kappa shape index (κ1) is 14.6. The van der Waals surface area contributed by atoms with Crippen LogP contribution in [0.3, 0.4) is 0 Å². The maximum atomic E-state index is 13.9. The predicted molar refractivity (Wildman–Crippen MR) is 80.9 cm³/mol. The number of hydrogen-bond acceptors (Lipinski definition) is 0. The van der Waals surface area contributed by atoms with Gasteiger partial charge < -0.3 is 0 Å². The van der Waals surface area contributed by atoms with Crippen LogP contribution in [0.1, 0.15) is 58.8 Å². The van der Waals surface area contributed by atoms with Crippen molar-refractivity contribution in [2.75, 3.05) is 6.67 Å². The van der Waals surface area contributed by atoms with Crippen LogP contribution >= 0.6 is 0 Å². The molecule has 0 amide bonds. The molecule has 0 radical (unpaired) electrons. The molecule has 1 fully saturated rings. The Morgan fingerprint density at radius 2 is 2.05 bits per heavy atom. The number of alkyl halides is 1. The van der Waals surface area contributed by atoms with Crippen molar-refractivity contribution in [1.82, 2.24) is 0 Å². The molecule has 0 bridgehead atoms. The summed E-state index contributed by atoms with van der Waals surface area (Å²) < 4.78 is 13.9. The van der Waals surface area contributed by atoms with Crippen molar-refractivity contribution in [3.8, 4) is 0 Å². The van der Waals surface area contributed by atoms with Crippen molar-refractivity contribution in [2.24, 2.45) is 10.8 Å². The maximum absolute atomic E-state index is 13.9. The lowest BCUT2D eigenvalue weighted by atomic mass is 9.53. The Kier molecular flexibility index (Phi) is 4.65. The van der Waals surface area contributed by atoms with Gasteiger partial charge in [-0.1, -0.05) is 62.1 Å². The van der Waals surface area contributed by atoms with Gasteiger partial charge in [-0.3, -0.25) is 4.39 Å². The summed E-state index contributed by atoms with van der Waals surface area (Å²) in [6.07, 6.45) is 19.2. The number of rotatable bonds is 4. The Morgan fingerprint density at radius 1 is 1.32 bits per heavy atom. The summed E-state index contributed by atoms with van der Waals surface area (Å²) in [5.41, 5.74) is 1.21. The second-order valence-electron chi connectivity index (χ2n) is 6.35. The fourth-order valence-electron chi connectivity index (χ4n) is 4.12. The average Bonchev–Trinajstić information content (AvgIpc) is 2.49. The lowest BCUT2D eigenvalue weighted by Crippen LogP contribution is -2.43. The van der Waals surface area contributed by atoms with E-state index in [-0.39, 0.29) is 17.5 Å². The third-order valence-electron chi connectivity index (χ3n) is 5.24. The Morgan fingerprint density at radius 3 is 2.58 bits per heavy atom. The number of hydrogen-bond donors (Lipinski definition) is 0. The molecule has 0 aromatic heterocycles. The predicted octanol–water partition coefficient (Wildman–Crippen LogP) is 5.77. The summed E-state index contributed by atoms with van der Waals surface area (Å²) in [5.74, 6) is 0. The van der Waals surface area contributed by atoms with Crippen LogP contribution in [0.15, 0.2) is 36.0 Å². The van der Waals surface area contributed by atoms with Gasteiger partial charge in [0.25, 0.3) is 0 Å². The molecule has 0 aliphatic heterocycles. The zero-order valence-corrected chi connectivity index (χ0v) is 12.4. The molecular formula is C18H27F. The Balaban J connectivity index is 2.44. The molecule has 1 heteroatoms. The van der Waals surface area contributed by atoms with Gasteiger partial charge in [-0.25, -0.2) is 0 Å². The normalized spacial score (nSPS) is 26.2. The standard InChI is InChI=1S/C18H27F/c1-3-12-17(2,15-19)18(13-8-5-9-14-18)16-10-6-4-7-11-16/h3-4,6,10,12H,5,7-9,11,13-15H2,1-2H3/b12-3-. The molecule has 2 rings (SSSR count). The number of allylic oxidation sites excluding steroid dienone is 6. The molecular weight excluding hydrogens is 235 g/mol. The molecule has 2 aliphatic rings. The summed E-state index contributed by atoms with van der Waals surface area (Å²) in [6, 6.07) is 0. The van der Waals surface area contributed by atoms with E-state index in [2.05, 4.69) is 31.2 Å². The summed E-state index contributed by atoms with van der Waals surface area (Å²) in [7, 11) is 0. The molecule has 1 saturated carbocycles. The first-order valence-corrected chi connectivity index (χ1v) is 7.74. The molecule has 0 N–H and O–H groups in total. The van der Waals surface area contributed by atoms with Gasteiger partial charge in [0, 0.05) is 10.8 Å². The molecule has 0 nitrogen and oxygen atoms in total. The third-order valence-corrected chi connectivity index (χ3v) is 5.24. The van der Waals surface area contributed by atoms with Crippen molar-refractivity contribution in [3.05, 3.63) is 36.0 Å². The molecule has 0 saturated heterocycles. The van der Waals surface area contributed by atoms with Gasteiger partial charge in [0.05, 0.1) is 6.67 Å². The lowest BCUT2D eigenvalue weighted by Gasteiger charge is -2.51. The molecule has 1 unspecified atom stereocenters. The van der Waals surface area contributed by atoms with Crippen LogP contribution in [0.25, 0.3) is 0 Å². The summed E-state index contributed by atoms with van der Waals surface area (Å²) in [6.45, 7) is 3.88. The van der Waals surface area contributed by atoms with Crippen molar-refractivity contribution in [1.29, 1.82) is 0 Å². The quantitative estimate of drug-likeness (QED) is 0.565. The van der Waals surface area contributed by atoms with Gasteiger partial charge in [0.1, 0.15) is 0 Å². The van der Waals surface area contributed by atoms with E-state index in [9.17, 15) is 4.39 Å². The van der Waals surface area contributed by atoms with Gasteiger partial charge in [0.15, 0.2) is 0 Å². The van der Waals surface area contributed by atoms with E-state index in [1.165, 1.54) is 24.8 Å². The Hall–Kier alpha value is -0.850. The highest BCUT2D eigenvalue weighted by Crippen LogP contribution is 2.57. The monoisotopic (exact) mass is 262 g/mol. The molecule has 0 spiro atoms. The van der Waals surface area contributed by atoms with E-state index >= 15 is 0 Å². The van der Waals surface area contributed by atoms with Gasteiger partial charge in [-0.05, 0) is 32.6 Å². The Labute approximate surface area is 117 Å². The third kappa shape index (κ3) is 2.57. The number of halogens is 1. The minimum Gasteiger partial charge on any atom is -0.250 e. The van der Waals surface area contributed by atoms with E-state index in [0.29, 0.717) is 0 Å². The highest BCUT2D eigenvalue weighted by atomic mass is 19.1. The largest absolute Gasteiger partial charge is 0.250 e. The van der Waals surface area contributed by atoms with Crippen molar-refractivity contribution in [3.63, 3.8) is 0 Å². The topological polar surface area (TPSA) is 0 Å². The van der Waals surface area contributed by atoms with Crippen LogP contribution in [-0.4, -0.2) is 6.67 Å². The minimum absolute atomic E-state index is 0.0528. The Bertz CT molecular complexity index is 382. The molecule has 1 atom stereocenters. The van der Waals surface area contributed by atoms with Crippen molar-refractivity contribution >= 4 is 0 Å². The van der Waals surface area contributed by atoms with E-state index in [1.54, 1.807) is 0 Å². The maximum Gasteiger partial charge on any atom is 0.0990 e. The highest BCUT2D eigenvalue weighted by molar-refractivity contribution is 5.30. The van der Waals surface area contributed by atoms with Crippen LogP contribution in [0, 0.1) is 10.8 Å². The first-order chi connectivity index (χ1) is 9.18. The second kappa shape index (κ2) is 6.07. The van der Waals surface area contributed by atoms with E-state index in [4.69, 9.17) is 0 Å². The molecule has 0 aromatic carbocycles. The van der Waals surface area contributed by atoms with E-state index in [0.717, 1.165) is 25.7 Å². The minimum atomic E-state index is -0.334. The van der Waals surface area contributed by atoms with Crippen LogP contribution in [-0.2, 0) is 0 Å². The van der Waals surface area contributed by atoms with E-state index < -0.39 is 0 Å². The fraction of sp³-hybridized carbons (Fsp3) is 0.667. The van der Waals surface area contributed by atoms with Crippen LogP contribution in [0.5, 0.6) is 0 Å². The SMILES string of the molecule is C/C=C\C(C)(CF)C1(C2=CC=CCC2)CCCCC1. The van der Waals surface area contributed by atoms with Gasteiger partial charge in [-0.2, -0.15) is 0 Å². The zero-order chi connectivity index (χ0) is 13.8. The van der Waals surface area contributed by atoms with Crippen molar-refractivity contribution in [2.45, 2.75) is 58.8 Å². The van der Waals surface area contributed by atoms with Crippen LogP contribution < -0.4 is 0 Å². The fourth-order valence-corrected chi connectivity index (χ4v) is 4.12. The summed E-state index contributed by atoms with van der Waals surface area (Å²) in [4.78, 5) is 0. The molecule has 0 heterocycles. The summed E-state index contributed by atoms with van der Waals surface area (Å²) in [5, 5.41) is 0. The smallest absolute Gasteiger partial charge is 0.0990 e. The molecule has 0 aromatic rings. The second-order valence-corrected chi connectivity index (χ2v) is 6.35. The molecule has 19 heavy (non-hydrogen) atoms.